The molecule has 0 aliphatic carbocycles. The minimum Gasteiger partial charge on any atom is -0.303 e. The lowest BCUT2D eigenvalue weighted by Gasteiger charge is -2.16. The molecule has 0 fully saturated rings. The average molecular weight is 324 g/mol. The molecule has 0 aromatic heterocycles. The second-order valence-electron chi connectivity index (χ2n) is 4.97. The van der Waals surface area contributed by atoms with Crippen LogP contribution < -0.4 is 0 Å². The maximum absolute atomic E-state index is 13.4. The van der Waals surface area contributed by atoms with Gasteiger partial charge in [-0.1, -0.05) is 18.2 Å². The van der Waals surface area contributed by atoms with E-state index in [4.69, 9.17) is 0 Å². The van der Waals surface area contributed by atoms with Gasteiger partial charge in [-0.15, -0.1) is 0 Å². The molecule has 0 aliphatic rings. The third-order valence-electron chi connectivity index (χ3n) is 3.39. The molecule has 2 rings (SSSR count). The monoisotopic (exact) mass is 324 g/mol. The molecule has 3 nitrogen and oxygen atoms in total. The third kappa shape index (κ3) is 3.57. The van der Waals surface area contributed by atoms with Crippen molar-refractivity contribution in [2.45, 2.75) is 17.2 Å². The summed E-state index contributed by atoms with van der Waals surface area (Å²) in [6.45, 7) is 0. The van der Waals surface area contributed by atoms with Crippen LogP contribution in [0.4, 0.5) is 8.78 Å². The molecule has 0 spiro atoms. The van der Waals surface area contributed by atoms with Gasteiger partial charge in [0, 0.05) is 18.6 Å². The number of rotatable bonds is 5. The zero-order chi connectivity index (χ0) is 16.3. The van der Waals surface area contributed by atoms with Crippen LogP contribution in [0.2, 0.25) is 0 Å². The Morgan fingerprint density at radius 3 is 2.09 bits per heavy atom. The van der Waals surface area contributed by atoms with Gasteiger partial charge in [-0.25, -0.2) is 17.2 Å². The van der Waals surface area contributed by atoms with E-state index in [1.54, 1.807) is 12.1 Å². The molecule has 0 radical (unpaired) electrons. The standard InChI is InChI=1S/C16H14F2O3S/c1-22(20,21)13-5-2-11(3-6-13)14(8-9-19)12-4-7-15(17)16(18)10-12/h2-7,9-10,14H,8H2,1H3/t14-/m1/s1. The summed E-state index contributed by atoms with van der Waals surface area (Å²) >= 11 is 0. The van der Waals surface area contributed by atoms with Crippen molar-refractivity contribution in [1.82, 2.24) is 0 Å². The maximum atomic E-state index is 13.4. The van der Waals surface area contributed by atoms with Crippen LogP contribution >= 0.6 is 0 Å². The van der Waals surface area contributed by atoms with Gasteiger partial charge in [-0.2, -0.15) is 0 Å². The van der Waals surface area contributed by atoms with E-state index in [-0.39, 0.29) is 11.3 Å². The summed E-state index contributed by atoms with van der Waals surface area (Å²) in [4.78, 5) is 11.0. The van der Waals surface area contributed by atoms with Crippen LogP contribution in [0, 0.1) is 11.6 Å². The van der Waals surface area contributed by atoms with E-state index >= 15 is 0 Å². The highest BCUT2D eigenvalue weighted by molar-refractivity contribution is 7.90. The first-order chi connectivity index (χ1) is 10.3. The fraction of sp³-hybridized carbons (Fsp3) is 0.188. The molecule has 0 saturated heterocycles. The molecule has 0 bridgehead atoms. The van der Waals surface area contributed by atoms with E-state index in [9.17, 15) is 22.0 Å². The number of sulfone groups is 1. The molecule has 0 aliphatic heterocycles. The van der Waals surface area contributed by atoms with Crippen molar-refractivity contribution in [2.75, 3.05) is 6.26 Å². The lowest BCUT2D eigenvalue weighted by atomic mass is 9.89. The molecule has 1 atom stereocenters. The summed E-state index contributed by atoms with van der Waals surface area (Å²) < 4.78 is 49.3. The summed E-state index contributed by atoms with van der Waals surface area (Å²) in [5, 5.41) is 0. The van der Waals surface area contributed by atoms with Crippen molar-refractivity contribution in [3.05, 3.63) is 65.2 Å². The first-order valence-electron chi connectivity index (χ1n) is 6.51. The summed E-state index contributed by atoms with van der Waals surface area (Å²) in [5.74, 6) is -2.40. The molecule has 2 aromatic carbocycles. The Labute approximate surface area is 127 Å². The first kappa shape index (κ1) is 16.3. The summed E-state index contributed by atoms with van der Waals surface area (Å²) in [6.07, 6.45) is 1.87. The van der Waals surface area contributed by atoms with Crippen molar-refractivity contribution in [3.63, 3.8) is 0 Å². The fourth-order valence-electron chi connectivity index (χ4n) is 2.24. The molecular formula is C16H14F2O3S. The van der Waals surface area contributed by atoms with E-state index in [2.05, 4.69) is 0 Å². The van der Waals surface area contributed by atoms with Gasteiger partial charge >= 0.3 is 0 Å². The predicted octanol–water partition coefficient (Wildman–Crippen LogP) is 3.09. The van der Waals surface area contributed by atoms with E-state index in [0.717, 1.165) is 18.4 Å². The van der Waals surface area contributed by atoms with Gasteiger partial charge in [0.2, 0.25) is 0 Å². The van der Waals surface area contributed by atoms with Gasteiger partial charge < -0.3 is 4.79 Å². The maximum Gasteiger partial charge on any atom is 0.175 e. The molecule has 2 aromatic rings. The van der Waals surface area contributed by atoms with Crippen molar-refractivity contribution >= 4 is 16.1 Å². The van der Waals surface area contributed by atoms with Crippen LogP contribution in [0.3, 0.4) is 0 Å². The minimum absolute atomic E-state index is 0.0866. The molecule has 0 N–H and O–H groups in total. The molecule has 0 unspecified atom stereocenters. The topological polar surface area (TPSA) is 51.2 Å². The first-order valence-corrected chi connectivity index (χ1v) is 8.40. The van der Waals surface area contributed by atoms with E-state index in [1.165, 1.54) is 18.2 Å². The highest BCUT2D eigenvalue weighted by atomic mass is 32.2. The van der Waals surface area contributed by atoms with Crippen LogP contribution in [0.25, 0.3) is 0 Å². The predicted molar refractivity (Wildman–Crippen MR) is 78.4 cm³/mol. The normalized spacial score (nSPS) is 12.9. The van der Waals surface area contributed by atoms with Crippen molar-refractivity contribution in [3.8, 4) is 0 Å². The summed E-state index contributed by atoms with van der Waals surface area (Å²) in [5.41, 5.74) is 1.11. The number of hydrogen-bond donors (Lipinski definition) is 0. The largest absolute Gasteiger partial charge is 0.303 e. The van der Waals surface area contributed by atoms with Crippen molar-refractivity contribution in [2.24, 2.45) is 0 Å². The van der Waals surface area contributed by atoms with Crippen LogP contribution in [-0.4, -0.2) is 21.0 Å². The van der Waals surface area contributed by atoms with E-state index < -0.39 is 27.4 Å². The van der Waals surface area contributed by atoms with Gasteiger partial charge in [0.25, 0.3) is 0 Å². The SMILES string of the molecule is CS(=O)(=O)c1ccc([C@@H](CC=O)c2ccc(F)c(F)c2)cc1. The highest BCUT2D eigenvalue weighted by Crippen LogP contribution is 2.29. The highest BCUT2D eigenvalue weighted by Gasteiger charge is 2.17. The zero-order valence-corrected chi connectivity index (χ0v) is 12.6. The average Bonchev–Trinajstić information content (AvgIpc) is 2.47. The second kappa shape index (κ2) is 6.36. The van der Waals surface area contributed by atoms with Gasteiger partial charge in [0.1, 0.15) is 6.29 Å². The van der Waals surface area contributed by atoms with Crippen LogP contribution in [-0.2, 0) is 14.6 Å². The van der Waals surface area contributed by atoms with Crippen molar-refractivity contribution in [1.29, 1.82) is 0 Å². The molecule has 6 heteroatoms. The second-order valence-corrected chi connectivity index (χ2v) is 6.99. The Balaban J connectivity index is 2.43. The van der Waals surface area contributed by atoms with Gasteiger partial charge in [-0.05, 0) is 35.4 Å². The van der Waals surface area contributed by atoms with Gasteiger partial charge in [0.05, 0.1) is 4.90 Å². The van der Waals surface area contributed by atoms with Gasteiger partial charge in [-0.3, -0.25) is 0 Å². The Morgan fingerprint density at radius 1 is 1.00 bits per heavy atom. The summed E-state index contributed by atoms with van der Waals surface area (Å²) in [7, 11) is -3.31. The number of carbonyl (C=O) groups is 1. The quantitative estimate of drug-likeness (QED) is 0.794. The molecular weight excluding hydrogens is 310 g/mol. The van der Waals surface area contributed by atoms with E-state index in [0.29, 0.717) is 17.4 Å². The molecule has 0 saturated carbocycles. The fourth-order valence-corrected chi connectivity index (χ4v) is 2.87. The Bertz CT molecular complexity index is 784. The molecule has 22 heavy (non-hydrogen) atoms. The number of carbonyl (C=O) groups excluding carboxylic acids is 1. The molecule has 116 valence electrons. The number of hydrogen-bond acceptors (Lipinski definition) is 3. The number of halogens is 2. The third-order valence-corrected chi connectivity index (χ3v) is 4.52. The minimum atomic E-state index is -3.31. The Morgan fingerprint density at radius 2 is 1.59 bits per heavy atom. The summed E-state index contributed by atoms with van der Waals surface area (Å²) in [6, 6.07) is 9.49. The van der Waals surface area contributed by atoms with Gasteiger partial charge in [0.15, 0.2) is 21.5 Å². The van der Waals surface area contributed by atoms with E-state index in [1.807, 2.05) is 0 Å². The van der Waals surface area contributed by atoms with Crippen LogP contribution in [0.1, 0.15) is 23.5 Å². The lowest BCUT2D eigenvalue weighted by Crippen LogP contribution is -2.04. The van der Waals surface area contributed by atoms with Crippen LogP contribution in [0.15, 0.2) is 47.4 Å². The lowest BCUT2D eigenvalue weighted by molar-refractivity contribution is -0.108. The Kier molecular flexibility index (Phi) is 4.71. The molecule has 0 heterocycles. The van der Waals surface area contributed by atoms with Crippen LogP contribution in [0.5, 0.6) is 0 Å². The van der Waals surface area contributed by atoms with Crippen molar-refractivity contribution < 1.29 is 22.0 Å². The Hall–Kier alpha value is -2.08. The zero-order valence-electron chi connectivity index (χ0n) is 11.8. The molecule has 0 amide bonds. The smallest absolute Gasteiger partial charge is 0.175 e. The number of aldehydes is 1. The number of benzene rings is 2.